The second-order valence-electron chi connectivity index (χ2n) is 3.26. The molecule has 0 aromatic rings. The molecule has 3 nitrogen and oxygen atoms in total. The Kier molecular flexibility index (Phi) is 7.13. The predicted molar refractivity (Wildman–Crippen MR) is 60.0 cm³/mol. The largest absolute Gasteiger partial charge is 0.392 e. The molecular weight excluding hydrogens is 184 g/mol. The Bertz CT molecular complexity index is 153. The van der Waals surface area contributed by atoms with Crippen LogP contribution in [0.15, 0.2) is 0 Å². The van der Waals surface area contributed by atoms with Gasteiger partial charge in [-0.15, -0.1) is 0 Å². The standard InChI is InChI=1S/C9H20N2OS/c1-8(9(10)13)11(2)6-4-5-7-12-3/h8H,4-7H2,1-3H3,(H2,10,13). The molecule has 1 unspecified atom stereocenters. The van der Waals surface area contributed by atoms with Gasteiger partial charge in [0.2, 0.25) is 0 Å². The highest BCUT2D eigenvalue weighted by molar-refractivity contribution is 7.80. The molecule has 78 valence electrons. The quantitative estimate of drug-likeness (QED) is 0.496. The van der Waals surface area contributed by atoms with Gasteiger partial charge >= 0.3 is 0 Å². The molecule has 0 saturated heterocycles. The monoisotopic (exact) mass is 204 g/mol. The highest BCUT2D eigenvalue weighted by Gasteiger charge is 2.10. The lowest BCUT2D eigenvalue weighted by molar-refractivity contribution is 0.186. The van der Waals surface area contributed by atoms with E-state index >= 15 is 0 Å². The number of methoxy groups -OCH3 is 1. The number of unbranched alkanes of at least 4 members (excludes halogenated alkanes) is 1. The molecule has 0 amide bonds. The Morgan fingerprint density at radius 3 is 2.62 bits per heavy atom. The van der Waals surface area contributed by atoms with E-state index in [0.717, 1.165) is 26.0 Å². The maximum atomic E-state index is 5.53. The molecule has 0 bridgehead atoms. The van der Waals surface area contributed by atoms with Crippen molar-refractivity contribution < 1.29 is 4.74 Å². The smallest absolute Gasteiger partial charge is 0.0899 e. The number of hydrogen-bond acceptors (Lipinski definition) is 3. The van der Waals surface area contributed by atoms with Gasteiger partial charge in [-0.2, -0.15) is 0 Å². The summed E-state index contributed by atoms with van der Waals surface area (Å²) in [5.74, 6) is 0. The Hall–Kier alpha value is -0.190. The number of likely N-dealkylation sites (N-methyl/N-ethyl adjacent to an activating group) is 1. The fourth-order valence-corrected chi connectivity index (χ4v) is 1.20. The zero-order valence-corrected chi connectivity index (χ0v) is 9.56. The first-order chi connectivity index (χ1) is 6.09. The van der Waals surface area contributed by atoms with Crippen molar-refractivity contribution in [3.8, 4) is 0 Å². The van der Waals surface area contributed by atoms with E-state index in [-0.39, 0.29) is 6.04 Å². The summed E-state index contributed by atoms with van der Waals surface area (Å²) < 4.78 is 4.96. The lowest BCUT2D eigenvalue weighted by atomic mass is 10.2. The normalized spacial score (nSPS) is 13.2. The van der Waals surface area contributed by atoms with E-state index < -0.39 is 0 Å². The van der Waals surface area contributed by atoms with E-state index in [1.54, 1.807) is 7.11 Å². The average Bonchev–Trinajstić information content (AvgIpc) is 2.10. The molecule has 2 N–H and O–H groups in total. The molecule has 13 heavy (non-hydrogen) atoms. The Morgan fingerprint density at radius 1 is 1.54 bits per heavy atom. The van der Waals surface area contributed by atoms with Gasteiger partial charge in [-0.25, -0.2) is 0 Å². The highest BCUT2D eigenvalue weighted by Crippen LogP contribution is 1.99. The van der Waals surface area contributed by atoms with E-state index in [4.69, 9.17) is 22.7 Å². The third-order valence-corrected chi connectivity index (χ3v) is 2.52. The molecule has 0 aromatic carbocycles. The topological polar surface area (TPSA) is 38.5 Å². The number of hydrogen-bond donors (Lipinski definition) is 1. The zero-order valence-electron chi connectivity index (χ0n) is 8.75. The molecule has 0 spiro atoms. The van der Waals surface area contributed by atoms with Gasteiger partial charge in [0.05, 0.1) is 11.0 Å². The van der Waals surface area contributed by atoms with Crippen LogP contribution in [0.3, 0.4) is 0 Å². The van der Waals surface area contributed by atoms with Crippen molar-refractivity contribution in [2.24, 2.45) is 5.73 Å². The summed E-state index contributed by atoms with van der Waals surface area (Å²) in [5, 5.41) is 0. The summed E-state index contributed by atoms with van der Waals surface area (Å²) >= 11 is 4.91. The van der Waals surface area contributed by atoms with Gasteiger partial charge in [0.15, 0.2) is 0 Å². The van der Waals surface area contributed by atoms with Crippen LogP contribution in [0.1, 0.15) is 19.8 Å². The van der Waals surface area contributed by atoms with Crippen molar-refractivity contribution in [1.29, 1.82) is 0 Å². The van der Waals surface area contributed by atoms with Crippen molar-refractivity contribution in [3.63, 3.8) is 0 Å². The van der Waals surface area contributed by atoms with Crippen LogP contribution in [-0.2, 0) is 4.74 Å². The van der Waals surface area contributed by atoms with Crippen LogP contribution in [0, 0.1) is 0 Å². The summed E-state index contributed by atoms with van der Waals surface area (Å²) in [6.07, 6.45) is 2.21. The lowest BCUT2D eigenvalue weighted by Gasteiger charge is -2.23. The molecule has 0 radical (unpaired) electrons. The van der Waals surface area contributed by atoms with Gasteiger partial charge in [0.1, 0.15) is 0 Å². The van der Waals surface area contributed by atoms with E-state index in [1.807, 2.05) is 14.0 Å². The zero-order chi connectivity index (χ0) is 10.3. The minimum absolute atomic E-state index is 0.192. The molecule has 0 rings (SSSR count). The van der Waals surface area contributed by atoms with Gasteiger partial charge in [-0.3, -0.25) is 4.90 Å². The van der Waals surface area contributed by atoms with Crippen LogP contribution in [0.2, 0.25) is 0 Å². The first-order valence-electron chi connectivity index (χ1n) is 4.58. The van der Waals surface area contributed by atoms with Crippen LogP contribution in [0.25, 0.3) is 0 Å². The van der Waals surface area contributed by atoms with E-state index in [9.17, 15) is 0 Å². The first-order valence-corrected chi connectivity index (χ1v) is 4.99. The second-order valence-corrected chi connectivity index (χ2v) is 3.73. The van der Waals surface area contributed by atoms with E-state index in [0.29, 0.717) is 4.99 Å². The fourth-order valence-electron chi connectivity index (χ4n) is 1.02. The van der Waals surface area contributed by atoms with Crippen LogP contribution in [-0.4, -0.2) is 43.2 Å². The minimum Gasteiger partial charge on any atom is -0.392 e. The summed E-state index contributed by atoms with van der Waals surface area (Å²) in [6, 6.07) is 0.192. The summed E-state index contributed by atoms with van der Waals surface area (Å²) in [5.41, 5.74) is 5.53. The Balaban J connectivity index is 3.50. The van der Waals surface area contributed by atoms with Crippen LogP contribution in [0.5, 0.6) is 0 Å². The number of rotatable bonds is 7. The summed E-state index contributed by atoms with van der Waals surface area (Å²) in [6.45, 7) is 3.87. The predicted octanol–water partition coefficient (Wildman–Crippen LogP) is 1.02. The van der Waals surface area contributed by atoms with Crippen LogP contribution in [0.4, 0.5) is 0 Å². The number of ether oxygens (including phenoxy) is 1. The van der Waals surface area contributed by atoms with Gasteiger partial charge in [0.25, 0.3) is 0 Å². The van der Waals surface area contributed by atoms with Gasteiger partial charge in [-0.05, 0) is 33.4 Å². The number of thiocarbonyl (C=S) groups is 1. The molecule has 0 saturated carbocycles. The van der Waals surface area contributed by atoms with Crippen molar-refractivity contribution in [3.05, 3.63) is 0 Å². The lowest BCUT2D eigenvalue weighted by Crippen LogP contribution is -2.39. The third kappa shape index (κ3) is 5.96. The number of nitrogens with zero attached hydrogens (tertiary/aromatic N) is 1. The number of nitrogens with two attached hydrogens (primary N) is 1. The van der Waals surface area contributed by atoms with Gasteiger partial charge in [0, 0.05) is 13.7 Å². The minimum atomic E-state index is 0.192. The SMILES string of the molecule is COCCCCN(C)C(C)C(N)=S. The molecule has 0 fully saturated rings. The fraction of sp³-hybridized carbons (Fsp3) is 0.889. The third-order valence-electron chi connectivity index (χ3n) is 2.18. The Labute approximate surface area is 86.2 Å². The molecule has 4 heteroatoms. The molecule has 1 atom stereocenters. The molecule has 0 heterocycles. The van der Waals surface area contributed by atoms with Crippen molar-refractivity contribution in [2.75, 3.05) is 27.3 Å². The van der Waals surface area contributed by atoms with E-state index in [1.165, 1.54) is 0 Å². The van der Waals surface area contributed by atoms with Crippen molar-refractivity contribution in [1.82, 2.24) is 4.90 Å². The molecular formula is C9H20N2OS. The average molecular weight is 204 g/mol. The first kappa shape index (κ1) is 12.8. The Morgan fingerprint density at radius 2 is 2.15 bits per heavy atom. The molecule has 0 aliphatic heterocycles. The molecule has 0 aromatic heterocycles. The summed E-state index contributed by atoms with van der Waals surface area (Å²) in [4.78, 5) is 2.73. The van der Waals surface area contributed by atoms with Crippen molar-refractivity contribution >= 4 is 17.2 Å². The van der Waals surface area contributed by atoms with Gasteiger partial charge < -0.3 is 10.5 Å². The van der Waals surface area contributed by atoms with Gasteiger partial charge in [-0.1, -0.05) is 12.2 Å². The van der Waals surface area contributed by atoms with Crippen LogP contribution < -0.4 is 5.73 Å². The maximum Gasteiger partial charge on any atom is 0.0899 e. The molecule has 0 aliphatic rings. The summed E-state index contributed by atoms with van der Waals surface area (Å²) in [7, 11) is 3.76. The van der Waals surface area contributed by atoms with E-state index in [2.05, 4.69) is 4.90 Å². The van der Waals surface area contributed by atoms with Crippen LogP contribution >= 0.6 is 12.2 Å². The maximum absolute atomic E-state index is 5.53. The van der Waals surface area contributed by atoms with Crippen molar-refractivity contribution in [2.45, 2.75) is 25.8 Å². The highest BCUT2D eigenvalue weighted by atomic mass is 32.1. The molecule has 0 aliphatic carbocycles. The second kappa shape index (κ2) is 7.24.